The van der Waals surface area contributed by atoms with Crippen LogP contribution < -0.4 is 0 Å². The largest absolute Gasteiger partial charge is 0.379 e. The molecule has 0 amide bonds. The lowest BCUT2D eigenvalue weighted by Gasteiger charge is -2.07. The van der Waals surface area contributed by atoms with Gasteiger partial charge in [-0.1, -0.05) is 52.2 Å². The third-order valence-electron chi connectivity index (χ3n) is 5.12. The zero-order valence-electron chi connectivity index (χ0n) is 20.0. The van der Waals surface area contributed by atoms with E-state index in [4.69, 9.17) is 18.9 Å². The summed E-state index contributed by atoms with van der Waals surface area (Å²) in [6, 6.07) is 0. The molecule has 1 unspecified atom stereocenters. The molecular weight excluding hydrogens is 398 g/mol. The molecule has 0 aliphatic carbocycles. The van der Waals surface area contributed by atoms with Gasteiger partial charge in [-0.05, 0) is 12.3 Å². The van der Waals surface area contributed by atoms with Crippen LogP contribution in [0, 0.1) is 11.8 Å². The highest BCUT2D eigenvalue weighted by atomic mass is 16.6. The Kier molecular flexibility index (Phi) is 16.3. The highest BCUT2D eigenvalue weighted by molar-refractivity contribution is 5.80. The Morgan fingerprint density at radius 3 is 2.16 bits per heavy atom. The van der Waals surface area contributed by atoms with Crippen molar-refractivity contribution >= 4 is 5.78 Å². The third-order valence-corrected chi connectivity index (χ3v) is 5.12. The van der Waals surface area contributed by atoms with E-state index in [1.807, 2.05) is 24.7 Å². The number of ketones is 1. The average molecular weight is 442 g/mol. The van der Waals surface area contributed by atoms with E-state index in [0.717, 1.165) is 24.6 Å². The molecule has 0 aliphatic heterocycles. The molecule has 0 bridgehead atoms. The van der Waals surface area contributed by atoms with E-state index < -0.39 is 0 Å². The maximum atomic E-state index is 11.4. The monoisotopic (exact) mass is 441 g/mol. The van der Waals surface area contributed by atoms with Gasteiger partial charge in [0.05, 0.1) is 59.1 Å². The van der Waals surface area contributed by atoms with Crippen molar-refractivity contribution in [3.63, 3.8) is 0 Å². The molecule has 0 fully saturated rings. The maximum absolute atomic E-state index is 11.4. The summed E-state index contributed by atoms with van der Waals surface area (Å²) in [5.41, 5.74) is 0.848. The Morgan fingerprint density at radius 2 is 1.55 bits per heavy atom. The van der Waals surface area contributed by atoms with Crippen LogP contribution in [0.2, 0.25) is 0 Å². The molecule has 1 aromatic heterocycles. The van der Waals surface area contributed by atoms with Crippen LogP contribution in [0.5, 0.6) is 0 Å². The first kappa shape index (κ1) is 27.7. The fraction of sp³-hybridized carbons (Fsp3) is 0.870. The standard InChI is InChI=1S/C23H43N3O5/c1-5-21(4)8-6-7-10-26-18-22(24-25-26)19-31-17-16-30-15-14-29-13-12-28-11-9-23(27)20(2)3/h18,20-21H,5-17,19H2,1-4H3. The van der Waals surface area contributed by atoms with Gasteiger partial charge in [-0.15, -0.1) is 5.10 Å². The number of hydrogen-bond acceptors (Lipinski definition) is 7. The van der Waals surface area contributed by atoms with Gasteiger partial charge in [0.1, 0.15) is 11.5 Å². The van der Waals surface area contributed by atoms with Gasteiger partial charge in [0.25, 0.3) is 0 Å². The summed E-state index contributed by atoms with van der Waals surface area (Å²) < 4.78 is 23.8. The number of nitrogens with zero attached hydrogens (tertiary/aromatic N) is 3. The van der Waals surface area contributed by atoms with E-state index in [-0.39, 0.29) is 11.7 Å². The lowest BCUT2D eigenvalue weighted by molar-refractivity contribution is -0.123. The summed E-state index contributed by atoms with van der Waals surface area (Å²) in [7, 11) is 0. The fourth-order valence-corrected chi connectivity index (χ4v) is 2.78. The minimum Gasteiger partial charge on any atom is -0.379 e. The SMILES string of the molecule is CCC(C)CCCCn1cc(COCCOCCOCCOCCC(=O)C(C)C)nn1. The third kappa shape index (κ3) is 15.1. The van der Waals surface area contributed by atoms with Gasteiger partial charge in [-0.25, -0.2) is 0 Å². The fourth-order valence-electron chi connectivity index (χ4n) is 2.78. The molecule has 0 saturated carbocycles. The number of hydrogen-bond donors (Lipinski definition) is 0. The van der Waals surface area contributed by atoms with E-state index in [0.29, 0.717) is 59.3 Å². The van der Waals surface area contributed by atoms with Gasteiger partial charge in [-0.3, -0.25) is 9.48 Å². The predicted octanol–water partition coefficient (Wildman–Crippen LogP) is 3.68. The second-order valence-electron chi connectivity index (χ2n) is 8.24. The Morgan fingerprint density at radius 1 is 0.935 bits per heavy atom. The van der Waals surface area contributed by atoms with Crippen molar-refractivity contribution in [1.82, 2.24) is 15.0 Å². The topological polar surface area (TPSA) is 84.7 Å². The molecule has 1 rings (SSSR count). The van der Waals surface area contributed by atoms with E-state index in [9.17, 15) is 4.79 Å². The smallest absolute Gasteiger partial charge is 0.137 e. The minimum absolute atomic E-state index is 0.0733. The second kappa shape index (κ2) is 18.2. The Hall–Kier alpha value is -1.35. The Balaban J connectivity index is 1.87. The van der Waals surface area contributed by atoms with Crippen molar-refractivity contribution in [2.24, 2.45) is 11.8 Å². The van der Waals surface area contributed by atoms with Gasteiger partial charge in [-0.2, -0.15) is 0 Å². The number of Topliss-reactive ketones (excluding diaryl/α,β-unsaturated/α-hetero) is 1. The number of aryl methyl sites for hydroxylation is 1. The summed E-state index contributed by atoms with van der Waals surface area (Å²) in [4.78, 5) is 11.4. The summed E-state index contributed by atoms with van der Waals surface area (Å²) >= 11 is 0. The number of unbranched alkanes of at least 4 members (excludes halogenated alkanes) is 1. The normalized spacial score (nSPS) is 12.5. The van der Waals surface area contributed by atoms with E-state index in [2.05, 4.69) is 24.2 Å². The molecule has 8 nitrogen and oxygen atoms in total. The van der Waals surface area contributed by atoms with Crippen molar-refractivity contribution in [3.05, 3.63) is 11.9 Å². The van der Waals surface area contributed by atoms with Crippen LogP contribution in [0.25, 0.3) is 0 Å². The molecule has 0 aromatic carbocycles. The van der Waals surface area contributed by atoms with Gasteiger partial charge < -0.3 is 18.9 Å². The van der Waals surface area contributed by atoms with Crippen LogP contribution in [0.4, 0.5) is 0 Å². The maximum Gasteiger partial charge on any atom is 0.137 e. The molecule has 1 atom stereocenters. The molecule has 0 N–H and O–H groups in total. The molecular formula is C23H43N3O5. The molecule has 1 heterocycles. The van der Waals surface area contributed by atoms with Crippen LogP contribution in [0.1, 0.15) is 65.5 Å². The van der Waals surface area contributed by atoms with Crippen molar-refractivity contribution in [3.8, 4) is 0 Å². The van der Waals surface area contributed by atoms with Gasteiger partial charge in [0, 0.05) is 18.9 Å². The van der Waals surface area contributed by atoms with Crippen molar-refractivity contribution in [1.29, 1.82) is 0 Å². The van der Waals surface area contributed by atoms with E-state index >= 15 is 0 Å². The van der Waals surface area contributed by atoms with Crippen molar-refractivity contribution in [2.45, 2.75) is 73.0 Å². The van der Waals surface area contributed by atoms with Gasteiger partial charge in [0.2, 0.25) is 0 Å². The predicted molar refractivity (Wildman–Crippen MR) is 120 cm³/mol. The van der Waals surface area contributed by atoms with Crippen molar-refractivity contribution in [2.75, 3.05) is 46.2 Å². The van der Waals surface area contributed by atoms with Crippen LogP contribution in [-0.2, 0) is 36.9 Å². The lowest BCUT2D eigenvalue weighted by atomic mass is 10.0. The number of carbonyl (C=O) groups is 1. The van der Waals surface area contributed by atoms with Crippen LogP contribution in [0.15, 0.2) is 6.20 Å². The lowest BCUT2D eigenvalue weighted by Crippen LogP contribution is -2.14. The molecule has 31 heavy (non-hydrogen) atoms. The summed E-state index contributed by atoms with van der Waals surface area (Å²) in [6.07, 6.45) is 7.32. The first-order valence-corrected chi connectivity index (χ1v) is 11.8. The summed E-state index contributed by atoms with van der Waals surface area (Å²) in [6.45, 7) is 13.2. The highest BCUT2D eigenvalue weighted by Crippen LogP contribution is 2.11. The molecule has 180 valence electrons. The quantitative estimate of drug-likeness (QED) is 0.269. The summed E-state index contributed by atoms with van der Waals surface area (Å²) in [5, 5.41) is 8.31. The summed E-state index contributed by atoms with van der Waals surface area (Å²) in [5.74, 6) is 1.11. The minimum atomic E-state index is 0.0733. The van der Waals surface area contributed by atoms with Crippen LogP contribution >= 0.6 is 0 Å². The molecule has 0 radical (unpaired) electrons. The Bertz CT molecular complexity index is 565. The number of ether oxygens (including phenoxy) is 4. The van der Waals surface area contributed by atoms with Crippen LogP contribution in [0.3, 0.4) is 0 Å². The second-order valence-corrected chi connectivity index (χ2v) is 8.24. The van der Waals surface area contributed by atoms with Gasteiger partial charge >= 0.3 is 0 Å². The molecule has 1 aromatic rings. The van der Waals surface area contributed by atoms with E-state index in [1.54, 1.807) is 0 Å². The number of rotatable bonds is 21. The Labute approximate surface area is 188 Å². The average Bonchev–Trinajstić information content (AvgIpc) is 3.21. The van der Waals surface area contributed by atoms with Crippen molar-refractivity contribution < 1.29 is 23.7 Å². The molecule has 0 saturated heterocycles. The first-order chi connectivity index (χ1) is 15.0. The zero-order valence-corrected chi connectivity index (χ0v) is 20.0. The highest BCUT2D eigenvalue weighted by Gasteiger charge is 2.06. The first-order valence-electron chi connectivity index (χ1n) is 11.8. The van der Waals surface area contributed by atoms with Crippen LogP contribution in [-0.4, -0.2) is 67.0 Å². The molecule has 0 spiro atoms. The zero-order chi connectivity index (χ0) is 22.7. The number of carbonyl (C=O) groups excluding carboxylic acids is 1. The number of aromatic nitrogens is 3. The van der Waals surface area contributed by atoms with Gasteiger partial charge in [0.15, 0.2) is 0 Å². The molecule has 0 aliphatic rings. The molecule has 8 heteroatoms. The van der Waals surface area contributed by atoms with E-state index in [1.165, 1.54) is 19.3 Å².